The van der Waals surface area contributed by atoms with Gasteiger partial charge in [0.2, 0.25) is 5.78 Å². The predicted octanol–water partition coefficient (Wildman–Crippen LogP) is 4.71. The van der Waals surface area contributed by atoms with Gasteiger partial charge in [0.05, 0.1) is 4.91 Å². The lowest BCUT2D eigenvalue weighted by Gasteiger charge is -2.37. The molecule has 120 valence electrons. The van der Waals surface area contributed by atoms with Crippen LogP contribution in [0.3, 0.4) is 0 Å². The Balaban J connectivity index is 1.56. The van der Waals surface area contributed by atoms with Gasteiger partial charge in [0.1, 0.15) is 0 Å². The zero-order chi connectivity index (χ0) is 16.1. The summed E-state index contributed by atoms with van der Waals surface area (Å²) in [5.74, 6) is 0.170. The van der Waals surface area contributed by atoms with Crippen LogP contribution in [0.15, 0.2) is 46.2 Å². The molecule has 2 aromatic carbocycles. The van der Waals surface area contributed by atoms with Gasteiger partial charge < -0.3 is 4.90 Å². The lowest BCUT2D eigenvalue weighted by atomic mass is 9.90. The minimum Gasteiger partial charge on any atom is -0.371 e. The van der Waals surface area contributed by atoms with Crippen LogP contribution in [-0.4, -0.2) is 18.9 Å². The number of anilines is 1. The van der Waals surface area contributed by atoms with Crippen LogP contribution >= 0.6 is 11.8 Å². The number of nitrogens with zero attached hydrogens (tertiary/aromatic N) is 1. The highest BCUT2D eigenvalue weighted by molar-refractivity contribution is 8.04. The van der Waals surface area contributed by atoms with Crippen LogP contribution in [0, 0.1) is 0 Å². The first-order valence-corrected chi connectivity index (χ1v) is 9.55. The van der Waals surface area contributed by atoms with Crippen molar-refractivity contribution in [1.82, 2.24) is 0 Å². The van der Waals surface area contributed by atoms with Gasteiger partial charge in [-0.2, -0.15) is 0 Å². The van der Waals surface area contributed by atoms with Crippen molar-refractivity contribution in [2.45, 2.75) is 30.6 Å². The van der Waals surface area contributed by atoms with Gasteiger partial charge in [0.15, 0.2) is 0 Å². The summed E-state index contributed by atoms with van der Waals surface area (Å²) in [6.07, 6.45) is 6.91. The number of fused-ring (bicyclic) bond motifs is 1. The van der Waals surface area contributed by atoms with Gasteiger partial charge in [-0.25, -0.2) is 0 Å². The normalized spacial score (nSPS) is 20.2. The molecule has 0 bridgehead atoms. The molecule has 0 saturated carbocycles. The molecule has 0 aliphatic carbocycles. The predicted molar refractivity (Wildman–Crippen MR) is 99.9 cm³/mol. The SMILES string of the molecule is O=C1/C(=C\c2cc3c4c(c2)CCCN4CCC3)Sc2ccccc21. The van der Waals surface area contributed by atoms with Gasteiger partial charge in [-0.3, -0.25) is 4.79 Å². The van der Waals surface area contributed by atoms with Crippen molar-refractivity contribution in [1.29, 1.82) is 0 Å². The second kappa shape index (κ2) is 5.52. The summed E-state index contributed by atoms with van der Waals surface area (Å²) in [6, 6.07) is 12.5. The summed E-state index contributed by atoms with van der Waals surface area (Å²) in [5, 5.41) is 0. The topological polar surface area (TPSA) is 20.3 Å². The first kappa shape index (κ1) is 14.4. The fraction of sp³-hybridized carbons (Fsp3) is 0.286. The summed E-state index contributed by atoms with van der Waals surface area (Å²) in [6.45, 7) is 2.40. The van der Waals surface area contributed by atoms with E-state index in [1.54, 1.807) is 11.8 Å². The molecule has 0 unspecified atom stereocenters. The molecule has 0 amide bonds. The highest BCUT2D eigenvalue weighted by Crippen LogP contribution is 2.42. The zero-order valence-corrected chi connectivity index (χ0v) is 14.4. The molecule has 3 heterocycles. The molecule has 2 nitrogen and oxygen atoms in total. The Kier molecular flexibility index (Phi) is 3.30. The van der Waals surface area contributed by atoms with Crippen LogP contribution in [0.4, 0.5) is 5.69 Å². The average molecular weight is 333 g/mol. The number of rotatable bonds is 1. The molecule has 5 rings (SSSR count). The fourth-order valence-corrected chi connectivity index (χ4v) is 5.25. The van der Waals surface area contributed by atoms with Crippen molar-refractivity contribution in [2.24, 2.45) is 0 Å². The van der Waals surface area contributed by atoms with Crippen LogP contribution in [0.2, 0.25) is 0 Å². The second-order valence-corrected chi connectivity index (χ2v) is 7.90. The van der Waals surface area contributed by atoms with Crippen LogP contribution in [0.25, 0.3) is 6.08 Å². The molecule has 0 aromatic heterocycles. The standard InChI is InChI=1S/C21H19NOS/c23-21-17-7-1-2-8-18(17)24-19(21)13-14-11-15-5-3-9-22-10-4-6-16(12-14)20(15)22/h1-2,7-8,11-13H,3-6,9-10H2/b19-13+. The van der Waals surface area contributed by atoms with Gasteiger partial charge >= 0.3 is 0 Å². The maximum atomic E-state index is 12.6. The van der Waals surface area contributed by atoms with Crippen LogP contribution in [0.1, 0.15) is 39.9 Å². The maximum absolute atomic E-state index is 12.6. The number of allylic oxidation sites excluding steroid dienone is 1. The first-order valence-electron chi connectivity index (χ1n) is 8.73. The van der Waals surface area contributed by atoms with Crippen LogP contribution in [-0.2, 0) is 12.8 Å². The Labute approximate surface area is 146 Å². The molecule has 0 saturated heterocycles. The summed E-state index contributed by atoms with van der Waals surface area (Å²) in [4.78, 5) is 17.1. The van der Waals surface area contributed by atoms with Gasteiger partial charge in [0, 0.05) is 29.2 Å². The van der Waals surface area contributed by atoms with E-state index in [1.807, 2.05) is 24.3 Å². The van der Waals surface area contributed by atoms with Gasteiger partial charge in [0.25, 0.3) is 0 Å². The third-order valence-corrected chi connectivity index (χ3v) is 6.33. The molecular formula is C21H19NOS. The van der Waals surface area contributed by atoms with E-state index in [1.165, 1.54) is 48.3 Å². The summed E-state index contributed by atoms with van der Waals surface area (Å²) >= 11 is 1.61. The summed E-state index contributed by atoms with van der Waals surface area (Å²) in [7, 11) is 0. The molecule has 0 fully saturated rings. The van der Waals surface area contributed by atoms with E-state index >= 15 is 0 Å². The van der Waals surface area contributed by atoms with Crippen molar-refractivity contribution in [3.8, 4) is 0 Å². The Bertz CT molecular complexity index is 852. The third kappa shape index (κ3) is 2.22. The maximum Gasteiger partial charge on any atom is 0.200 e. The number of hydrogen-bond donors (Lipinski definition) is 0. The number of Topliss-reactive ketones (excluding diaryl/α,β-unsaturated/α-hetero) is 1. The van der Waals surface area contributed by atoms with E-state index in [-0.39, 0.29) is 5.78 Å². The Morgan fingerprint density at radius 2 is 1.71 bits per heavy atom. The monoisotopic (exact) mass is 333 g/mol. The van der Waals surface area contributed by atoms with Gasteiger partial charge in [-0.15, -0.1) is 0 Å². The van der Waals surface area contributed by atoms with Crippen molar-refractivity contribution in [3.05, 3.63) is 63.6 Å². The van der Waals surface area contributed by atoms with Crippen molar-refractivity contribution >= 4 is 29.3 Å². The van der Waals surface area contributed by atoms with Crippen LogP contribution < -0.4 is 4.90 Å². The van der Waals surface area contributed by atoms with E-state index in [4.69, 9.17) is 0 Å². The number of ketones is 1. The van der Waals surface area contributed by atoms with E-state index in [0.29, 0.717) is 0 Å². The van der Waals surface area contributed by atoms with E-state index in [0.717, 1.165) is 28.2 Å². The highest BCUT2D eigenvalue weighted by atomic mass is 32.2. The number of thioether (sulfide) groups is 1. The van der Waals surface area contributed by atoms with Crippen LogP contribution in [0.5, 0.6) is 0 Å². The van der Waals surface area contributed by atoms with Gasteiger partial charge in [-0.1, -0.05) is 23.9 Å². The molecule has 0 spiro atoms. The highest BCUT2D eigenvalue weighted by Gasteiger charge is 2.27. The molecule has 3 heteroatoms. The Morgan fingerprint density at radius 1 is 1.00 bits per heavy atom. The van der Waals surface area contributed by atoms with Gasteiger partial charge in [-0.05, 0) is 72.7 Å². The number of aryl methyl sites for hydroxylation is 2. The largest absolute Gasteiger partial charge is 0.371 e. The van der Waals surface area contributed by atoms with E-state index in [2.05, 4.69) is 23.1 Å². The van der Waals surface area contributed by atoms with Crippen molar-refractivity contribution < 1.29 is 4.79 Å². The molecular weight excluding hydrogens is 314 g/mol. The summed E-state index contributed by atoms with van der Waals surface area (Å²) in [5.41, 5.74) is 6.47. The lowest BCUT2D eigenvalue weighted by molar-refractivity contribution is 0.104. The molecule has 3 aliphatic rings. The minimum absolute atomic E-state index is 0.170. The zero-order valence-electron chi connectivity index (χ0n) is 13.5. The quantitative estimate of drug-likeness (QED) is 0.705. The minimum atomic E-state index is 0.170. The molecule has 0 N–H and O–H groups in total. The number of benzene rings is 2. The van der Waals surface area contributed by atoms with Crippen molar-refractivity contribution in [3.63, 3.8) is 0 Å². The smallest absolute Gasteiger partial charge is 0.200 e. The van der Waals surface area contributed by atoms with Crippen molar-refractivity contribution in [2.75, 3.05) is 18.0 Å². The summed E-state index contributed by atoms with van der Waals surface area (Å²) < 4.78 is 0. The molecule has 3 aliphatic heterocycles. The molecule has 2 aromatic rings. The number of carbonyl (C=O) groups excluding carboxylic acids is 1. The molecule has 0 atom stereocenters. The Hall–Kier alpha value is -2.00. The lowest BCUT2D eigenvalue weighted by Crippen LogP contribution is -2.34. The fourth-order valence-electron chi connectivity index (χ4n) is 4.20. The van der Waals surface area contributed by atoms with E-state index < -0.39 is 0 Å². The number of hydrogen-bond acceptors (Lipinski definition) is 3. The third-order valence-electron chi connectivity index (χ3n) is 5.23. The molecule has 0 radical (unpaired) electrons. The Morgan fingerprint density at radius 3 is 2.42 bits per heavy atom. The first-order chi connectivity index (χ1) is 11.8. The average Bonchev–Trinajstić information content (AvgIpc) is 2.92. The van der Waals surface area contributed by atoms with E-state index in [9.17, 15) is 4.79 Å². The number of carbonyl (C=O) groups is 1. The second-order valence-electron chi connectivity index (χ2n) is 6.82. The molecule has 24 heavy (non-hydrogen) atoms.